The Labute approximate surface area is 119 Å². The molecular weight excluding hydrogens is 272 g/mol. The molecule has 0 aromatic heterocycles. The topological polar surface area (TPSA) is 18.5 Å². The fourth-order valence-electron chi connectivity index (χ4n) is 2.35. The Balaban J connectivity index is 4.89. The Bertz CT molecular complexity index is 244. The zero-order valence-corrected chi connectivity index (χ0v) is 17.3. The molecule has 0 rings (SSSR count). The van der Waals surface area contributed by atoms with Crippen molar-refractivity contribution < 1.29 is 8.85 Å². The Morgan fingerprint density at radius 2 is 1.61 bits per heavy atom. The molecule has 0 aliphatic carbocycles. The molecule has 0 saturated heterocycles. The summed E-state index contributed by atoms with van der Waals surface area (Å²) in [7, 11) is -3.57. The second-order valence-corrected chi connectivity index (χ2v) is 16.6. The SMILES string of the molecule is CCC(O[SiH](C)C)[Si](C)(C)OC(C)(CC)[SiH](C)C. The summed E-state index contributed by atoms with van der Waals surface area (Å²) in [4.78, 5) is 0. The Morgan fingerprint density at radius 3 is 1.89 bits per heavy atom. The van der Waals surface area contributed by atoms with Crippen LogP contribution in [0.5, 0.6) is 0 Å². The third kappa shape index (κ3) is 5.29. The van der Waals surface area contributed by atoms with E-state index in [-0.39, 0.29) is 5.22 Å². The molecule has 2 unspecified atom stereocenters. The summed E-state index contributed by atoms with van der Waals surface area (Å²) in [6, 6.07) is 0. The second-order valence-electron chi connectivity index (χ2n) is 6.61. The van der Waals surface area contributed by atoms with Crippen LogP contribution in [-0.4, -0.2) is 37.1 Å². The van der Waals surface area contributed by atoms with Gasteiger partial charge in [0.2, 0.25) is 8.32 Å². The van der Waals surface area contributed by atoms with Gasteiger partial charge in [-0.2, -0.15) is 0 Å². The number of hydrogen-bond donors (Lipinski definition) is 0. The van der Waals surface area contributed by atoms with Gasteiger partial charge in [-0.15, -0.1) is 0 Å². The summed E-state index contributed by atoms with van der Waals surface area (Å²) in [6.07, 6.45) is 2.21. The fourth-order valence-corrected chi connectivity index (χ4v) is 10.5. The molecule has 2 nitrogen and oxygen atoms in total. The van der Waals surface area contributed by atoms with Crippen LogP contribution in [0.15, 0.2) is 0 Å². The third-order valence-corrected chi connectivity index (χ3v) is 11.4. The molecule has 0 radical (unpaired) electrons. The lowest BCUT2D eigenvalue weighted by Gasteiger charge is -2.43. The fraction of sp³-hybridized carbons (Fsp3) is 1.00. The van der Waals surface area contributed by atoms with Crippen LogP contribution in [0, 0.1) is 0 Å². The quantitative estimate of drug-likeness (QED) is 0.636. The van der Waals surface area contributed by atoms with Crippen molar-refractivity contribution in [3.8, 4) is 0 Å². The van der Waals surface area contributed by atoms with Gasteiger partial charge >= 0.3 is 0 Å². The molecule has 0 aliphatic rings. The summed E-state index contributed by atoms with van der Waals surface area (Å²) in [5.74, 6) is 0. The van der Waals surface area contributed by atoms with Crippen molar-refractivity contribution in [2.75, 3.05) is 0 Å². The summed E-state index contributed by atoms with van der Waals surface area (Å²) >= 11 is 0. The van der Waals surface area contributed by atoms with Gasteiger partial charge in [-0.05, 0) is 46.0 Å². The molecule has 2 atom stereocenters. The Hall–Kier alpha value is 0.571. The molecule has 0 saturated carbocycles. The molecule has 0 amide bonds. The van der Waals surface area contributed by atoms with Gasteiger partial charge in [-0.1, -0.05) is 26.9 Å². The van der Waals surface area contributed by atoms with E-state index in [0.717, 1.165) is 12.8 Å². The van der Waals surface area contributed by atoms with E-state index >= 15 is 0 Å². The van der Waals surface area contributed by atoms with Crippen LogP contribution in [-0.2, 0) is 8.85 Å². The van der Waals surface area contributed by atoms with Gasteiger partial charge in [0.05, 0.1) is 14.5 Å². The Kier molecular flexibility index (Phi) is 7.61. The van der Waals surface area contributed by atoms with Gasteiger partial charge in [0.15, 0.2) is 9.04 Å². The molecule has 0 spiro atoms. The largest absolute Gasteiger partial charge is 0.418 e. The van der Waals surface area contributed by atoms with E-state index in [1.165, 1.54) is 0 Å². The smallest absolute Gasteiger partial charge is 0.213 e. The summed E-state index contributed by atoms with van der Waals surface area (Å²) in [6.45, 7) is 20.8. The normalized spacial score (nSPS) is 18.2. The highest BCUT2D eigenvalue weighted by molar-refractivity contribution is 6.74. The minimum absolute atomic E-state index is 0.130. The van der Waals surface area contributed by atoms with Gasteiger partial charge in [0.1, 0.15) is 0 Å². The molecule has 0 fully saturated rings. The number of hydrogen-bond acceptors (Lipinski definition) is 2. The summed E-state index contributed by atoms with van der Waals surface area (Å²) in [5, 5.41) is 0.130. The van der Waals surface area contributed by atoms with Crippen molar-refractivity contribution in [3.05, 3.63) is 0 Å². The van der Waals surface area contributed by atoms with Crippen molar-refractivity contribution in [2.24, 2.45) is 0 Å². The maximum Gasteiger partial charge on any atom is 0.213 e. The first kappa shape index (κ1) is 18.6. The zero-order valence-electron chi connectivity index (χ0n) is 14.0. The monoisotopic (exact) mass is 306 g/mol. The van der Waals surface area contributed by atoms with E-state index in [4.69, 9.17) is 8.85 Å². The molecule has 110 valence electrons. The summed E-state index contributed by atoms with van der Waals surface area (Å²) in [5.41, 5.74) is 0.364. The molecule has 18 heavy (non-hydrogen) atoms. The van der Waals surface area contributed by atoms with E-state index in [1.54, 1.807) is 0 Å². The van der Waals surface area contributed by atoms with E-state index in [9.17, 15) is 0 Å². The molecule has 0 aromatic carbocycles. The predicted molar refractivity (Wildman–Crippen MR) is 90.2 cm³/mol. The first-order valence-corrected chi connectivity index (χ1v) is 16.1. The molecule has 5 heteroatoms. The molecular formula is C13H34O2Si3. The van der Waals surface area contributed by atoms with Gasteiger partial charge in [-0.3, -0.25) is 0 Å². The highest BCUT2D eigenvalue weighted by Gasteiger charge is 2.41. The molecule has 0 heterocycles. The maximum atomic E-state index is 6.69. The van der Waals surface area contributed by atoms with Crippen molar-refractivity contribution in [3.63, 3.8) is 0 Å². The highest BCUT2D eigenvalue weighted by atomic mass is 28.4. The Morgan fingerprint density at radius 1 is 1.11 bits per heavy atom. The van der Waals surface area contributed by atoms with Crippen molar-refractivity contribution in [1.29, 1.82) is 0 Å². The van der Waals surface area contributed by atoms with Crippen LogP contribution < -0.4 is 0 Å². The summed E-state index contributed by atoms with van der Waals surface area (Å²) < 4.78 is 12.9. The predicted octanol–water partition coefficient (Wildman–Crippen LogP) is 3.72. The average molecular weight is 307 g/mol. The molecule has 0 aliphatic heterocycles. The van der Waals surface area contributed by atoms with Gasteiger partial charge in [-0.25, -0.2) is 0 Å². The molecule has 0 N–H and O–H groups in total. The van der Waals surface area contributed by atoms with Crippen LogP contribution in [0.4, 0.5) is 0 Å². The lowest BCUT2D eigenvalue weighted by molar-refractivity contribution is 0.125. The van der Waals surface area contributed by atoms with Crippen LogP contribution in [0.2, 0.25) is 39.3 Å². The van der Waals surface area contributed by atoms with Crippen LogP contribution in [0.25, 0.3) is 0 Å². The third-order valence-electron chi connectivity index (χ3n) is 4.00. The van der Waals surface area contributed by atoms with E-state index in [0.29, 0.717) is 5.73 Å². The minimum Gasteiger partial charge on any atom is -0.418 e. The lowest BCUT2D eigenvalue weighted by atomic mass is 10.3. The van der Waals surface area contributed by atoms with Crippen molar-refractivity contribution >= 4 is 26.2 Å². The lowest BCUT2D eigenvalue weighted by Crippen LogP contribution is -2.56. The van der Waals surface area contributed by atoms with Gasteiger partial charge in [0, 0.05) is 5.22 Å². The maximum absolute atomic E-state index is 6.69. The van der Waals surface area contributed by atoms with Gasteiger partial charge in [0.25, 0.3) is 0 Å². The van der Waals surface area contributed by atoms with Crippen LogP contribution in [0.1, 0.15) is 33.6 Å². The zero-order chi connectivity index (χ0) is 14.6. The van der Waals surface area contributed by atoms with Crippen LogP contribution in [0.3, 0.4) is 0 Å². The van der Waals surface area contributed by atoms with Gasteiger partial charge < -0.3 is 8.85 Å². The number of rotatable bonds is 8. The van der Waals surface area contributed by atoms with Crippen LogP contribution >= 0.6 is 0 Å². The van der Waals surface area contributed by atoms with E-state index < -0.39 is 26.2 Å². The van der Waals surface area contributed by atoms with Crippen molar-refractivity contribution in [1.82, 2.24) is 0 Å². The van der Waals surface area contributed by atoms with E-state index in [1.807, 2.05) is 0 Å². The second kappa shape index (κ2) is 7.38. The minimum atomic E-state index is -1.77. The standard InChI is InChI=1S/C13H34O2Si3/c1-10-12(14-17(6)7)18(8,9)15-13(3,11-2)16(4)5/h12,16-17H,10-11H2,1-9H3. The molecule has 0 aromatic rings. The first-order valence-electron chi connectivity index (χ1n) is 7.44. The van der Waals surface area contributed by atoms with E-state index in [2.05, 4.69) is 60.1 Å². The molecule has 0 bridgehead atoms. The van der Waals surface area contributed by atoms with Crippen molar-refractivity contribution in [2.45, 2.75) is 83.8 Å². The first-order chi connectivity index (χ1) is 8.09. The average Bonchev–Trinajstić information content (AvgIpc) is 2.24. The highest BCUT2D eigenvalue weighted by Crippen LogP contribution is 2.28.